The smallest absolute Gasteiger partial charge is 0.243 e. The number of hydrogen-bond donors (Lipinski definition) is 0. The number of ether oxygens (including phenoxy) is 1. The fourth-order valence-corrected chi connectivity index (χ4v) is 6.39. The second kappa shape index (κ2) is 9.40. The van der Waals surface area contributed by atoms with E-state index in [0.717, 1.165) is 28.0 Å². The van der Waals surface area contributed by atoms with Gasteiger partial charge in [-0.3, -0.25) is 4.79 Å². The molecule has 1 atom stereocenters. The number of rotatable bonds is 6. The van der Waals surface area contributed by atoms with Crippen LogP contribution in [0.25, 0.3) is 0 Å². The number of methoxy groups -OCH3 is 1. The Balaban J connectivity index is 1.74. The fourth-order valence-electron chi connectivity index (χ4n) is 4.46. The first-order valence-electron chi connectivity index (χ1n) is 10.6. The molecule has 1 heterocycles. The van der Waals surface area contributed by atoms with Gasteiger partial charge in [0, 0.05) is 26.7 Å². The van der Waals surface area contributed by atoms with Crippen LogP contribution in [0.4, 0.5) is 0 Å². The molecule has 1 unspecified atom stereocenters. The maximum atomic E-state index is 13.4. The molecule has 2 aromatic carbocycles. The van der Waals surface area contributed by atoms with Crippen molar-refractivity contribution in [2.45, 2.75) is 45.1 Å². The van der Waals surface area contributed by atoms with Gasteiger partial charge in [-0.1, -0.05) is 29.8 Å². The van der Waals surface area contributed by atoms with E-state index in [1.54, 1.807) is 19.1 Å². The minimum Gasteiger partial charge on any atom is -0.497 e. The normalized spacial score (nSPS) is 17.4. The number of benzene rings is 2. The maximum absolute atomic E-state index is 13.4. The molecule has 2 aromatic rings. The SMILES string of the molecule is COc1ccc(CN(C)C(=O)C2CCCN(S(=O)(=O)c3c(C)cc(C)cc3C)C2)cc1. The first kappa shape index (κ1) is 23.3. The Morgan fingerprint density at radius 3 is 2.32 bits per heavy atom. The summed E-state index contributed by atoms with van der Waals surface area (Å²) in [6.45, 7) is 6.78. The zero-order valence-electron chi connectivity index (χ0n) is 19.0. The molecule has 7 heteroatoms. The van der Waals surface area contributed by atoms with Crippen molar-refractivity contribution in [3.05, 3.63) is 58.7 Å². The summed E-state index contributed by atoms with van der Waals surface area (Å²) in [4.78, 5) is 15.2. The average Bonchev–Trinajstić information content (AvgIpc) is 2.73. The molecule has 6 nitrogen and oxygen atoms in total. The van der Waals surface area contributed by atoms with Crippen molar-refractivity contribution in [2.75, 3.05) is 27.2 Å². The number of piperidine rings is 1. The van der Waals surface area contributed by atoms with Gasteiger partial charge < -0.3 is 9.64 Å². The van der Waals surface area contributed by atoms with Crippen LogP contribution in [0.3, 0.4) is 0 Å². The molecule has 0 spiro atoms. The van der Waals surface area contributed by atoms with Crippen molar-refractivity contribution in [1.82, 2.24) is 9.21 Å². The van der Waals surface area contributed by atoms with Crippen LogP contribution in [0.5, 0.6) is 5.75 Å². The highest BCUT2D eigenvalue weighted by atomic mass is 32.2. The number of sulfonamides is 1. The zero-order chi connectivity index (χ0) is 22.8. The number of nitrogens with zero attached hydrogens (tertiary/aromatic N) is 2. The van der Waals surface area contributed by atoms with Crippen LogP contribution in [-0.4, -0.2) is 50.8 Å². The predicted octanol–water partition coefficient (Wildman–Crippen LogP) is 3.68. The maximum Gasteiger partial charge on any atom is 0.243 e. The van der Waals surface area contributed by atoms with Gasteiger partial charge in [-0.15, -0.1) is 0 Å². The molecule has 0 radical (unpaired) electrons. The van der Waals surface area contributed by atoms with Crippen molar-refractivity contribution in [2.24, 2.45) is 5.92 Å². The predicted molar refractivity (Wildman–Crippen MR) is 122 cm³/mol. The Morgan fingerprint density at radius 2 is 1.74 bits per heavy atom. The topological polar surface area (TPSA) is 66.9 Å². The minimum absolute atomic E-state index is 0.0203. The monoisotopic (exact) mass is 444 g/mol. The number of carbonyl (C=O) groups excluding carboxylic acids is 1. The third-order valence-electron chi connectivity index (χ3n) is 5.89. The van der Waals surface area contributed by atoms with Gasteiger partial charge in [0.1, 0.15) is 5.75 Å². The third-order valence-corrected chi connectivity index (χ3v) is 8.06. The van der Waals surface area contributed by atoms with Crippen LogP contribution in [0, 0.1) is 26.7 Å². The van der Waals surface area contributed by atoms with Gasteiger partial charge >= 0.3 is 0 Å². The van der Waals surface area contributed by atoms with E-state index in [1.165, 1.54) is 4.31 Å². The van der Waals surface area contributed by atoms with Gasteiger partial charge in [-0.2, -0.15) is 4.31 Å². The number of hydrogen-bond acceptors (Lipinski definition) is 4. The molecule has 0 saturated carbocycles. The van der Waals surface area contributed by atoms with E-state index in [2.05, 4.69) is 0 Å². The largest absolute Gasteiger partial charge is 0.497 e. The lowest BCUT2D eigenvalue weighted by molar-refractivity contribution is -0.135. The molecular formula is C24H32N2O4S. The highest BCUT2D eigenvalue weighted by Gasteiger charge is 2.35. The van der Waals surface area contributed by atoms with Crippen LogP contribution >= 0.6 is 0 Å². The summed E-state index contributed by atoms with van der Waals surface area (Å²) in [6.07, 6.45) is 1.37. The second-order valence-electron chi connectivity index (χ2n) is 8.47. The average molecular weight is 445 g/mol. The van der Waals surface area contributed by atoms with Gasteiger partial charge in [0.25, 0.3) is 0 Å². The summed E-state index contributed by atoms with van der Waals surface area (Å²) in [6, 6.07) is 11.4. The molecule has 1 saturated heterocycles. The summed E-state index contributed by atoms with van der Waals surface area (Å²) in [7, 11) is -0.260. The highest BCUT2D eigenvalue weighted by Crippen LogP contribution is 2.29. The van der Waals surface area contributed by atoms with Gasteiger partial charge in [0.15, 0.2) is 0 Å². The fraction of sp³-hybridized carbons (Fsp3) is 0.458. The lowest BCUT2D eigenvalue weighted by Gasteiger charge is -2.34. The molecule has 0 aliphatic carbocycles. The van der Waals surface area contributed by atoms with E-state index < -0.39 is 10.0 Å². The molecule has 1 fully saturated rings. The first-order valence-corrected chi connectivity index (χ1v) is 12.0. The molecule has 3 rings (SSSR count). The standard InChI is InChI=1S/C24H32N2O4S/c1-17-13-18(2)23(19(3)14-17)31(28,29)26-12-6-7-21(16-26)24(27)25(4)15-20-8-10-22(30-5)11-9-20/h8-11,13-14,21H,6-7,12,15-16H2,1-5H3. The first-order chi connectivity index (χ1) is 14.6. The van der Waals surface area contributed by atoms with Gasteiger partial charge in [-0.05, 0) is 62.4 Å². The van der Waals surface area contributed by atoms with Crippen LogP contribution in [0.1, 0.15) is 35.1 Å². The Bertz CT molecular complexity index is 1020. The molecule has 1 amide bonds. The van der Waals surface area contributed by atoms with Gasteiger partial charge in [0.2, 0.25) is 15.9 Å². The molecule has 0 aromatic heterocycles. The van der Waals surface area contributed by atoms with E-state index in [1.807, 2.05) is 57.2 Å². The lowest BCUT2D eigenvalue weighted by Crippen LogP contribution is -2.45. The van der Waals surface area contributed by atoms with Crippen LogP contribution in [0.15, 0.2) is 41.3 Å². The Hall–Kier alpha value is -2.38. The summed E-state index contributed by atoms with van der Waals surface area (Å²) in [5.74, 6) is 0.415. The summed E-state index contributed by atoms with van der Waals surface area (Å²) >= 11 is 0. The van der Waals surface area contributed by atoms with Crippen molar-refractivity contribution >= 4 is 15.9 Å². The van der Waals surface area contributed by atoms with Crippen molar-refractivity contribution in [3.63, 3.8) is 0 Å². The number of carbonyl (C=O) groups is 1. The van der Waals surface area contributed by atoms with Crippen molar-refractivity contribution < 1.29 is 17.9 Å². The van der Waals surface area contributed by atoms with Crippen LogP contribution in [-0.2, 0) is 21.4 Å². The summed E-state index contributed by atoms with van der Waals surface area (Å²) < 4.78 is 33.5. The van der Waals surface area contributed by atoms with E-state index in [0.29, 0.717) is 30.8 Å². The summed E-state index contributed by atoms with van der Waals surface area (Å²) in [5, 5.41) is 0. The Kier molecular flexibility index (Phi) is 7.06. The van der Waals surface area contributed by atoms with E-state index in [-0.39, 0.29) is 18.4 Å². The van der Waals surface area contributed by atoms with E-state index in [4.69, 9.17) is 4.74 Å². The van der Waals surface area contributed by atoms with Gasteiger partial charge in [-0.25, -0.2) is 8.42 Å². The molecular weight excluding hydrogens is 412 g/mol. The zero-order valence-corrected chi connectivity index (χ0v) is 19.8. The van der Waals surface area contributed by atoms with Crippen molar-refractivity contribution in [3.8, 4) is 5.75 Å². The highest BCUT2D eigenvalue weighted by molar-refractivity contribution is 7.89. The molecule has 0 N–H and O–H groups in total. The molecule has 1 aliphatic rings. The van der Waals surface area contributed by atoms with Gasteiger partial charge in [0.05, 0.1) is 17.9 Å². The Labute approximate surface area is 185 Å². The minimum atomic E-state index is -3.65. The molecule has 0 bridgehead atoms. The third kappa shape index (κ3) is 5.10. The van der Waals surface area contributed by atoms with E-state index >= 15 is 0 Å². The second-order valence-corrected chi connectivity index (χ2v) is 10.3. The van der Waals surface area contributed by atoms with Crippen molar-refractivity contribution in [1.29, 1.82) is 0 Å². The van der Waals surface area contributed by atoms with E-state index in [9.17, 15) is 13.2 Å². The lowest BCUT2D eigenvalue weighted by atomic mass is 9.98. The van der Waals surface area contributed by atoms with Crippen LogP contribution in [0.2, 0.25) is 0 Å². The number of amides is 1. The van der Waals surface area contributed by atoms with Crippen LogP contribution < -0.4 is 4.74 Å². The molecule has 31 heavy (non-hydrogen) atoms. The molecule has 1 aliphatic heterocycles. The molecule has 168 valence electrons. The number of aryl methyl sites for hydroxylation is 3. The summed E-state index contributed by atoms with van der Waals surface area (Å²) in [5.41, 5.74) is 3.55. The quantitative estimate of drug-likeness (QED) is 0.682. The Morgan fingerprint density at radius 1 is 1.13 bits per heavy atom.